The van der Waals surface area contributed by atoms with Crippen LogP contribution in [0.2, 0.25) is 0 Å². The van der Waals surface area contributed by atoms with Gasteiger partial charge in [-0.25, -0.2) is 8.42 Å². The molecule has 0 aliphatic heterocycles. The van der Waals surface area contributed by atoms with E-state index in [9.17, 15) is 8.42 Å². The Labute approximate surface area is 187 Å². The highest BCUT2D eigenvalue weighted by atomic mass is 32.2. The van der Waals surface area contributed by atoms with Crippen molar-refractivity contribution in [2.45, 2.75) is 38.9 Å². The topological polar surface area (TPSA) is 73.8 Å². The van der Waals surface area contributed by atoms with Gasteiger partial charge in [-0.3, -0.25) is 9.89 Å². The molecule has 0 bridgehead atoms. The van der Waals surface area contributed by atoms with Crippen LogP contribution in [0.4, 0.5) is 0 Å². The molecule has 1 atom stereocenters. The summed E-state index contributed by atoms with van der Waals surface area (Å²) >= 11 is 0. The predicted molar refractivity (Wildman–Crippen MR) is 130 cm³/mol. The van der Waals surface area contributed by atoms with Crippen LogP contribution in [0.5, 0.6) is 0 Å². The summed E-state index contributed by atoms with van der Waals surface area (Å²) in [7, 11) is -1.22. The zero-order valence-electron chi connectivity index (χ0n) is 18.9. The molecular weight excluding hydrogens is 408 g/mol. The molecule has 0 aliphatic carbocycles. The molecule has 0 aliphatic rings. The van der Waals surface area contributed by atoms with E-state index in [2.05, 4.69) is 69.1 Å². The molecule has 2 N–H and O–H groups in total. The summed E-state index contributed by atoms with van der Waals surface area (Å²) in [5, 5.41) is 6.61. The molecule has 1 unspecified atom stereocenters. The summed E-state index contributed by atoms with van der Waals surface area (Å²) < 4.78 is 22.7. The second-order valence-corrected chi connectivity index (χ2v) is 10.3. The Bertz CT molecular complexity index is 845. The Morgan fingerprint density at radius 3 is 2.03 bits per heavy atom. The summed E-state index contributed by atoms with van der Waals surface area (Å²) in [6, 6.07) is 21.1. The van der Waals surface area contributed by atoms with E-state index < -0.39 is 9.84 Å². The monoisotopic (exact) mass is 444 g/mol. The van der Waals surface area contributed by atoms with Crippen molar-refractivity contribution >= 4 is 15.8 Å². The quantitative estimate of drug-likeness (QED) is 0.299. The van der Waals surface area contributed by atoms with Gasteiger partial charge in [-0.15, -0.1) is 0 Å². The number of hydrogen-bond donors (Lipinski definition) is 2. The van der Waals surface area contributed by atoms with Gasteiger partial charge < -0.3 is 10.6 Å². The van der Waals surface area contributed by atoms with Gasteiger partial charge in [0.1, 0.15) is 9.84 Å². The van der Waals surface area contributed by atoms with Gasteiger partial charge in [0.25, 0.3) is 0 Å². The lowest BCUT2D eigenvalue weighted by atomic mass is 10.1. The molecule has 31 heavy (non-hydrogen) atoms. The highest BCUT2D eigenvalue weighted by Crippen LogP contribution is 2.10. The maximum absolute atomic E-state index is 11.3. The first-order valence-electron chi connectivity index (χ1n) is 10.8. The number of nitrogens with zero attached hydrogens (tertiary/aromatic N) is 2. The van der Waals surface area contributed by atoms with Crippen molar-refractivity contribution in [3.63, 3.8) is 0 Å². The molecule has 0 radical (unpaired) electrons. The van der Waals surface area contributed by atoms with E-state index in [0.717, 1.165) is 32.6 Å². The third-order valence-electron chi connectivity index (χ3n) is 4.97. The minimum atomic E-state index is -2.95. The molecule has 0 heterocycles. The molecule has 2 aromatic carbocycles. The van der Waals surface area contributed by atoms with Crippen LogP contribution in [-0.4, -0.2) is 57.5 Å². The van der Waals surface area contributed by atoms with Gasteiger partial charge in [0, 0.05) is 45.5 Å². The van der Waals surface area contributed by atoms with Crippen LogP contribution in [0.25, 0.3) is 0 Å². The van der Waals surface area contributed by atoms with E-state index in [4.69, 9.17) is 0 Å². The third kappa shape index (κ3) is 11.0. The first kappa shape index (κ1) is 24.9. The van der Waals surface area contributed by atoms with E-state index >= 15 is 0 Å². The van der Waals surface area contributed by atoms with Crippen LogP contribution in [0, 0.1) is 0 Å². The van der Waals surface area contributed by atoms with Crippen molar-refractivity contribution in [2.24, 2.45) is 4.99 Å². The molecule has 0 aromatic heterocycles. The molecule has 0 amide bonds. The van der Waals surface area contributed by atoms with Crippen LogP contribution in [0.3, 0.4) is 0 Å². The fourth-order valence-electron chi connectivity index (χ4n) is 3.30. The second-order valence-electron chi connectivity index (χ2n) is 8.00. The molecule has 0 saturated heterocycles. The molecule has 170 valence electrons. The van der Waals surface area contributed by atoms with Crippen LogP contribution >= 0.6 is 0 Å². The number of benzene rings is 2. The highest BCUT2D eigenvalue weighted by Gasteiger charge is 2.10. The maximum Gasteiger partial charge on any atom is 0.191 e. The van der Waals surface area contributed by atoms with Gasteiger partial charge >= 0.3 is 0 Å². The Morgan fingerprint density at radius 2 is 1.55 bits per heavy atom. The number of guanidine groups is 1. The molecule has 6 nitrogen and oxygen atoms in total. The second kappa shape index (κ2) is 13.1. The first-order valence-corrected chi connectivity index (χ1v) is 12.9. The summed E-state index contributed by atoms with van der Waals surface area (Å²) in [6.45, 7) is 5.53. The van der Waals surface area contributed by atoms with Crippen molar-refractivity contribution in [2.75, 3.05) is 32.1 Å². The number of hydrogen-bond acceptors (Lipinski definition) is 4. The molecular formula is C24H36N4O2S. The van der Waals surface area contributed by atoms with Crippen LogP contribution in [0.1, 0.15) is 30.9 Å². The zero-order valence-corrected chi connectivity index (χ0v) is 19.7. The Balaban J connectivity index is 1.82. The maximum atomic E-state index is 11.3. The van der Waals surface area contributed by atoms with E-state index in [0.29, 0.717) is 12.4 Å². The lowest BCUT2D eigenvalue weighted by Gasteiger charge is -2.23. The van der Waals surface area contributed by atoms with Crippen LogP contribution in [0.15, 0.2) is 65.7 Å². The predicted octanol–water partition coefficient (Wildman–Crippen LogP) is 3.07. The minimum Gasteiger partial charge on any atom is -0.356 e. The fraction of sp³-hybridized carbons (Fsp3) is 0.458. The normalized spacial score (nSPS) is 13.2. The summed E-state index contributed by atoms with van der Waals surface area (Å²) in [6.07, 6.45) is 2.79. The number of sulfone groups is 1. The van der Waals surface area contributed by atoms with Crippen molar-refractivity contribution in [3.05, 3.63) is 71.8 Å². The first-order chi connectivity index (χ1) is 14.9. The minimum absolute atomic E-state index is 0.0357. The standard InChI is InChI=1S/C24H36N4O2S/c1-21(15-18-31(3,29)30)27-24(25-2)26-16-10-17-28(19-22-11-6-4-7-12-22)20-23-13-8-5-9-14-23/h4-9,11-14,21H,10,15-20H2,1-3H3,(H2,25,26,27). The lowest BCUT2D eigenvalue weighted by molar-refractivity contribution is 0.254. The van der Waals surface area contributed by atoms with E-state index in [1.54, 1.807) is 7.05 Å². The van der Waals surface area contributed by atoms with Gasteiger partial charge in [-0.1, -0.05) is 60.7 Å². The molecule has 0 fully saturated rings. The molecule has 2 rings (SSSR count). The van der Waals surface area contributed by atoms with Crippen molar-refractivity contribution in [1.82, 2.24) is 15.5 Å². The Hall–Kier alpha value is -2.38. The van der Waals surface area contributed by atoms with Crippen LogP contribution in [-0.2, 0) is 22.9 Å². The third-order valence-corrected chi connectivity index (χ3v) is 5.95. The Morgan fingerprint density at radius 1 is 1.00 bits per heavy atom. The summed E-state index contributed by atoms with van der Waals surface area (Å²) in [5.74, 6) is 0.880. The molecule has 0 spiro atoms. The van der Waals surface area contributed by atoms with Crippen LogP contribution < -0.4 is 10.6 Å². The number of nitrogens with one attached hydrogen (secondary N) is 2. The van der Waals surface area contributed by atoms with Gasteiger partial charge in [-0.2, -0.15) is 0 Å². The van der Waals surface area contributed by atoms with Gasteiger partial charge in [0.15, 0.2) is 5.96 Å². The van der Waals surface area contributed by atoms with Gasteiger partial charge in [0.2, 0.25) is 0 Å². The average molecular weight is 445 g/mol. The molecule has 2 aromatic rings. The van der Waals surface area contributed by atoms with Gasteiger partial charge in [-0.05, 0) is 30.9 Å². The largest absolute Gasteiger partial charge is 0.356 e. The number of rotatable bonds is 12. The summed E-state index contributed by atoms with van der Waals surface area (Å²) in [5.41, 5.74) is 2.62. The molecule has 0 saturated carbocycles. The zero-order chi connectivity index (χ0) is 22.5. The van der Waals surface area contributed by atoms with E-state index in [1.165, 1.54) is 17.4 Å². The Kier molecular flexibility index (Phi) is 10.5. The smallest absolute Gasteiger partial charge is 0.191 e. The van der Waals surface area contributed by atoms with E-state index in [-0.39, 0.29) is 11.8 Å². The lowest BCUT2D eigenvalue weighted by Crippen LogP contribution is -2.43. The van der Waals surface area contributed by atoms with E-state index in [1.807, 2.05) is 19.1 Å². The highest BCUT2D eigenvalue weighted by molar-refractivity contribution is 7.90. The summed E-state index contributed by atoms with van der Waals surface area (Å²) in [4.78, 5) is 6.71. The number of aliphatic imine (C=N–C) groups is 1. The van der Waals surface area contributed by atoms with Crippen molar-refractivity contribution in [3.8, 4) is 0 Å². The fourth-order valence-corrected chi connectivity index (χ4v) is 4.08. The van der Waals surface area contributed by atoms with Gasteiger partial charge in [0.05, 0.1) is 5.75 Å². The average Bonchev–Trinajstić information content (AvgIpc) is 2.75. The molecule has 7 heteroatoms. The van der Waals surface area contributed by atoms with Crippen molar-refractivity contribution in [1.29, 1.82) is 0 Å². The SMILES string of the molecule is CN=C(NCCCN(Cc1ccccc1)Cc1ccccc1)NC(C)CCS(C)(=O)=O. The van der Waals surface area contributed by atoms with Crippen molar-refractivity contribution < 1.29 is 8.42 Å².